The van der Waals surface area contributed by atoms with Crippen molar-refractivity contribution in [3.63, 3.8) is 0 Å². The molecule has 0 spiro atoms. The molecule has 0 saturated carbocycles. The molecule has 0 radical (unpaired) electrons. The quantitative estimate of drug-likeness (QED) is 0.527. The lowest BCUT2D eigenvalue weighted by molar-refractivity contribution is -0.137. The Morgan fingerprint density at radius 2 is 1.87 bits per heavy atom. The Morgan fingerprint density at radius 1 is 1.17 bits per heavy atom. The minimum atomic E-state index is -4.41. The number of aryl methyl sites for hydroxylation is 1. The minimum Gasteiger partial charge on any atom is -0.325 e. The topological polar surface area (TPSA) is 59.8 Å². The average molecular weight is 434 g/mol. The van der Waals surface area contributed by atoms with Crippen LogP contribution in [0.15, 0.2) is 53.7 Å². The van der Waals surface area contributed by atoms with Gasteiger partial charge in [0.1, 0.15) is 0 Å². The zero-order chi connectivity index (χ0) is 21.9. The number of anilines is 1. The second-order valence-electron chi connectivity index (χ2n) is 6.74. The Kier molecular flexibility index (Phi) is 6.50. The molecule has 5 nitrogen and oxygen atoms in total. The lowest BCUT2D eigenvalue weighted by Gasteiger charge is -2.13. The fraction of sp³-hybridized carbons (Fsp3) is 0.286. The monoisotopic (exact) mass is 434 g/mol. The van der Waals surface area contributed by atoms with E-state index in [1.54, 1.807) is 6.92 Å². The number of nitrogens with one attached hydrogen (secondary N) is 1. The van der Waals surface area contributed by atoms with Crippen LogP contribution in [0.2, 0.25) is 0 Å². The first-order chi connectivity index (χ1) is 14.2. The Balaban J connectivity index is 1.71. The number of carbonyl (C=O) groups is 1. The van der Waals surface area contributed by atoms with Gasteiger partial charge in [-0.15, -0.1) is 10.2 Å². The predicted octanol–water partition coefficient (Wildman–Crippen LogP) is 5.41. The number of thioether (sulfide) groups is 1. The summed E-state index contributed by atoms with van der Waals surface area (Å²) in [5, 5.41) is 11.2. The molecule has 0 bridgehead atoms. The number of amides is 1. The molecule has 158 valence electrons. The maximum atomic E-state index is 12.7. The highest BCUT2D eigenvalue weighted by atomic mass is 32.2. The van der Waals surface area contributed by atoms with E-state index in [0.717, 1.165) is 29.1 Å². The largest absolute Gasteiger partial charge is 0.416 e. The van der Waals surface area contributed by atoms with E-state index in [4.69, 9.17) is 0 Å². The van der Waals surface area contributed by atoms with Crippen LogP contribution < -0.4 is 5.32 Å². The van der Waals surface area contributed by atoms with Crippen LogP contribution in [0.3, 0.4) is 0 Å². The average Bonchev–Trinajstić information content (AvgIpc) is 3.10. The van der Waals surface area contributed by atoms with Gasteiger partial charge >= 0.3 is 6.18 Å². The van der Waals surface area contributed by atoms with Crippen LogP contribution in [0.5, 0.6) is 0 Å². The van der Waals surface area contributed by atoms with Crippen molar-refractivity contribution in [2.75, 3.05) is 5.32 Å². The Bertz CT molecular complexity index is 1030. The highest BCUT2D eigenvalue weighted by Crippen LogP contribution is 2.31. The maximum absolute atomic E-state index is 12.7. The fourth-order valence-electron chi connectivity index (χ4n) is 2.86. The van der Waals surface area contributed by atoms with Crippen LogP contribution >= 0.6 is 11.8 Å². The van der Waals surface area contributed by atoms with E-state index >= 15 is 0 Å². The maximum Gasteiger partial charge on any atom is 0.416 e. The fourth-order valence-corrected chi connectivity index (χ4v) is 3.77. The number of rotatable bonds is 6. The lowest BCUT2D eigenvalue weighted by atomic mass is 10.1. The molecule has 1 heterocycles. The van der Waals surface area contributed by atoms with Crippen molar-refractivity contribution in [1.29, 1.82) is 0 Å². The molecular formula is C21H21F3N4OS. The SMILES string of the molecule is CCn1c(SC(C)C(=O)Nc2ccc(C(F)(F)F)cc2)nnc1-c1cccc(C)c1. The first kappa shape index (κ1) is 21.9. The molecule has 1 unspecified atom stereocenters. The highest BCUT2D eigenvalue weighted by Gasteiger charge is 2.30. The molecule has 1 atom stereocenters. The molecule has 0 aliphatic carbocycles. The zero-order valence-electron chi connectivity index (χ0n) is 16.7. The number of alkyl halides is 3. The van der Waals surface area contributed by atoms with E-state index in [-0.39, 0.29) is 5.91 Å². The van der Waals surface area contributed by atoms with E-state index in [1.807, 2.05) is 42.7 Å². The van der Waals surface area contributed by atoms with Gasteiger partial charge < -0.3 is 9.88 Å². The summed E-state index contributed by atoms with van der Waals surface area (Å²) in [6, 6.07) is 12.3. The van der Waals surface area contributed by atoms with Crippen molar-refractivity contribution >= 4 is 23.4 Å². The van der Waals surface area contributed by atoms with Gasteiger partial charge in [-0.2, -0.15) is 13.2 Å². The highest BCUT2D eigenvalue weighted by molar-refractivity contribution is 8.00. The predicted molar refractivity (Wildman–Crippen MR) is 111 cm³/mol. The van der Waals surface area contributed by atoms with Crippen molar-refractivity contribution in [3.05, 3.63) is 59.7 Å². The number of hydrogen-bond donors (Lipinski definition) is 1. The molecular weight excluding hydrogens is 413 g/mol. The summed E-state index contributed by atoms with van der Waals surface area (Å²) in [7, 11) is 0. The molecule has 9 heteroatoms. The van der Waals surface area contributed by atoms with Gasteiger partial charge in [0.2, 0.25) is 5.91 Å². The van der Waals surface area contributed by atoms with Crippen molar-refractivity contribution in [1.82, 2.24) is 14.8 Å². The van der Waals surface area contributed by atoms with Crippen molar-refractivity contribution < 1.29 is 18.0 Å². The van der Waals surface area contributed by atoms with E-state index < -0.39 is 17.0 Å². The van der Waals surface area contributed by atoms with Gasteiger partial charge in [-0.1, -0.05) is 35.5 Å². The molecule has 30 heavy (non-hydrogen) atoms. The second kappa shape index (κ2) is 8.91. The molecule has 1 amide bonds. The Labute approximate surface area is 176 Å². The zero-order valence-corrected chi connectivity index (χ0v) is 17.5. The second-order valence-corrected chi connectivity index (χ2v) is 8.05. The lowest BCUT2D eigenvalue weighted by Crippen LogP contribution is -2.23. The van der Waals surface area contributed by atoms with Gasteiger partial charge in [0.25, 0.3) is 0 Å². The minimum absolute atomic E-state index is 0.304. The molecule has 2 aromatic carbocycles. The number of nitrogens with zero attached hydrogens (tertiary/aromatic N) is 3. The number of carbonyl (C=O) groups excluding carboxylic acids is 1. The Hall–Kier alpha value is -2.81. The summed E-state index contributed by atoms with van der Waals surface area (Å²) in [5.41, 5.74) is 1.59. The van der Waals surface area contributed by atoms with E-state index in [0.29, 0.717) is 17.4 Å². The molecule has 1 N–H and O–H groups in total. The molecule has 0 aliphatic rings. The molecule has 3 aromatic rings. The third kappa shape index (κ3) is 5.02. The van der Waals surface area contributed by atoms with Crippen LogP contribution in [0.1, 0.15) is 25.0 Å². The standard InChI is InChI=1S/C21H21F3N4OS/c1-4-28-18(15-7-5-6-13(2)12-15)26-27-20(28)30-14(3)19(29)25-17-10-8-16(9-11-17)21(22,23)24/h5-12,14H,4H2,1-3H3,(H,25,29). The number of hydrogen-bond acceptors (Lipinski definition) is 4. The third-order valence-electron chi connectivity index (χ3n) is 4.44. The normalized spacial score (nSPS) is 12.6. The van der Waals surface area contributed by atoms with E-state index in [1.165, 1.54) is 23.9 Å². The van der Waals surface area contributed by atoms with Crippen molar-refractivity contribution in [3.8, 4) is 11.4 Å². The van der Waals surface area contributed by atoms with Gasteiger partial charge in [0.05, 0.1) is 10.8 Å². The van der Waals surface area contributed by atoms with Crippen LogP contribution in [0, 0.1) is 6.92 Å². The van der Waals surface area contributed by atoms with Gasteiger partial charge in [0, 0.05) is 17.8 Å². The number of aromatic nitrogens is 3. The summed E-state index contributed by atoms with van der Waals surface area (Å²) in [6.07, 6.45) is -4.41. The summed E-state index contributed by atoms with van der Waals surface area (Å²) >= 11 is 1.25. The third-order valence-corrected chi connectivity index (χ3v) is 5.52. The first-order valence-electron chi connectivity index (χ1n) is 9.34. The van der Waals surface area contributed by atoms with Gasteiger partial charge in [-0.25, -0.2) is 0 Å². The Morgan fingerprint density at radius 3 is 2.47 bits per heavy atom. The van der Waals surface area contributed by atoms with Gasteiger partial charge in [-0.05, 0) is 51.1 Å². The smallest absolute Gasteiger partial charge is 0.325 e. The molecule has 0 saturated heterocycles. The first-order valence-corrected chi connectivity index (χ1v) is 10.2. The van der Waals surface area contributed by atoms with E-state index in [2.05, 4.69) is 15.5 Å². The van der Waals surface area contributed by atoms with Crippen LogP contribution in [0.25, 0.3) is 11.4 Å². The summed E-state index contributed by atoms with van der Waals surface area (Å²) in [5.74, 6) is 0.390. The summed E-state index contributed by atoms with van der Waals surface area (Å²) < 4.78 is 39.9. The molecule has 1 aromatic heterocycles. The molecule has 0 aliphatic heterocycles. The van der Waals surface area contributed by atoms with Crippen LogP contribution in [-0.4, -0.2) is 25.9 Å². The summed E-state index contributed by atoms with van der Waals surface area (Å²) in [4.78, 5) is 12.5. The van der Waals surface area contributed by atoms with Crippen molar-refractivity contribution in [2.45, 2.75) is 43.9 Å². The molecule has 0 fully saturated rings. The molecule has 3 rings (SSSR count). The van der Waals surface area contributed by atoms with Crippen LogP contribution in [0.4, 0.5) is 18.9 Å². The van der Waals surface area contributed by atoms with E-state index in [9.17, 15) is 18.0 Å². The number of halogens is 3. The summed E-state index contributed by atoms with van der Waals surface area (Å²) in [6.45, 7) is 6.32. The number of benzene rings is 2. The van der Waals surface area contributed by atoms with Gasteiger partial charge in [-0.3, -0.25) is 4.79 Å². The van der Waals surface area contributed by atoms with Crippen LogP contribution in [-0.2, 0) is 17.5 Å². The van der Waals surface area contributed by atoms with Crippen molar-refractivity contribution in [2.24, 2.45) is 0 Å². The van der Waals surface area contributed by atoms with Gasteiger partial charge in [0.15, 0.2) is 11.0 Å².